The van der Waals surface area contributed by atoms with Gasteiger partial charge in [-0.05, 0) is 0 Å². The first-order chi connectivity index (χ1) is 4.88. The fourth-order valence-corrected chi connectivity index (χ4v) is 1.31. The molecular weight excluding hydrogens is 458 g/mol. The van der Waals surface area contributed by atoms with Crippen molar-refractivity contribution in [2.24, 2.45) is 0 Å². The molecule has 0 heterocycles. The minimum absolute atomic E-state index is 0. The number of rotatable bonds is 0. The summed E-state index contributed by atoms with van der Waals surface area (Å²) in [6.45, 7) is 2.14. The van der Waals surface area contributed by atoms with Crippen LogP contribution in [0.2, 0.25) is 0 Å². The average molecular weight is 469 g/mol. The van der Waals surface area contributed by atoms with Gasteiger partial charge in [0.15, 0.2) is 0 Å². The van der Waals surface area contributed by atoms with Crippen molar-refractivity contribution < 1.29 is 25.8 Å². The van der Waals surface area contributed by atoms with E-state index in [1.165, 1.54) is 16.3 Å². The first kappa shape index (κ1) is 16.1. The molecule has 0 aliphatic rings. The quantitative estimate of drug-likeness (QED) is 0.404. The van der Waals surface area contributed by atoms with E-state index in [4.69, 9.17) is 0 Å². The summed E-state index contributed by atoms with van der Waals surface area (Å²) in [4.78, 5) is 0. The SMILES string of the molecule is Br.Br.C[c-]1ccc2ccccc21.[Hf]. The molecule has 0 saturated heterocycles. The second kappa shape index (κ2) is 7.02. The summed E-state index contributed by atoms with van der Waals surface area (Å²) in [7, 11) is 0. The van der Waals surface area contributed by atoms with Gasteiger partial charge in [-0.1, -0.05) is 13.0 Å². The maximum atomic E-state index is 2.16. The normalized spacial score (nSPS) is 8.08. The molecule has 70 valence electrons. The molecule has 0 amide bonds. The first-order valence-corrected chi connectivity index (χ1v) is 3.49. The van der Waals surface area contributed by atoms with E-state index >= 15 is 0 Å². The predicted molar refractivity (Wildman–Crippen MR) is 64.9 cm³/mol. The predicted octanol–water partition coefficient (Wildman–Crippen LogP) is 4.02. The van der Waals surface area contributed by atoms with Gasteiger partial charge in [-0.2, -0.15) is 12.1 Å². The van der Waals surface area contributed by atoms with Crippen molar-refractivity contribution in [3.8, 4) is 0 Å². The minimum Gasteiger partial charge on any atom is -0.168 e. The largest absolute Gasteiger partial charge is 0.168 e. The molecule has 0 fully saturated rings. The summed E-state index contributed by atoms with van der Waals surface area (Å²) in [6, 6.07) is 12.8. The van der Waals surface area contributed by atoms with E-state index in [0.29, 0.717) is 0 Å². The zero-order valence-electron chi connectivity index (χ0n) is 7.28. The molecule has 0 aromatic heterocycles. The summed E-state index contributed by atoms with van der Waals surface area (Å²) >= 11 is 0. The van der Waals surface area contributed by atoms with Crippen molar-refractivity contribution >= 4 is 44.7 Å². The molecule has 2 rings (SSSR count). The molecule has 2 aromatic carbocycles. The van der Waals surface area contributed by atoms with E-state index in [-0.39, 0.29) is 59.8 Å². The Bertz CT molecular complexity index is 354. The van der Waals surface area contributed by atoms with Crippen molar-refractivity contribution in [2.75, 3.05) is 0 Å². The number of benzene rings is 1. The van der Waals surface area contributed by atoms with Gasteiger partial charge in [0.25, 0.3) is 0 Å². The van der Waals surface area contributed by atoms with Gasteiger partial charge in [0.1, 0.15) is 0 Å². The third-order valence-electron chi connectivity index (χ3n) is 1.90. The van der Waals surface area contributed by atoms with Crippen LogP contribution in [0.3, 0.4) is 0 Å². The van der Waals surface area contributed by atoms with Crippen molar-refractivity contribution in [1.82, 2.24) is 0 Å². The van der Waals surface area contributed by atoms with Crippen LogP contribution in [-0.4, -0.2) is 0 Å². The molecule has 0 aliphatic carbocycles. The molecule has 0 unspecified atom stereocenters. The van der Waals surface area contributed by atoms with Crippen LogP contribution in [0.1, 0.15) is 5.56 Å². The molecule has 2 aromatic rings. The molecule has 3 heteroatoms. The maximum absolute atomic E-state index is 2.16. The zero-order chi connectivity index (χ0) is 6.97. The molecule has 0 radical (unpaired) electrons. The molecule has 0 nitrogen and oxygen atoms in total. The number of hydrogen-bond acceptors (Lipinski definition) is 0. The Morgan fingerprint density at radius 1 is 1.00 bits per heavy atom. The van der Waals surface area contributed by atoms with Crippen LogP contribution >= 0.6 is 34.0 Å². The molecule has 0 aliphatic heterocycles. The van der Waals surface area contributed by atoms with Crippen LogP contribution in [0, 0.1) is 6.92 Å². The molecule has 0 bridgehead atoms. The fraction of sp³-hybridized carbons (Fsp3) is 0.100. The van der Waals surface area contributed by atoms with Gasteiger partial charge >= 0.3 is 0 Å². The average Bonchev–Trinajstić information content (AvgIpc) is 2.34. The molecule has 0 saturated carbocycles. The molecule has 0 atom stereocenters. The van der Waals surface area contributed by atoms with Gasteiger partial charge in [0, 0.05) is 25.8 Å². The molecule has 0 spiro atoms. The standard InChI is InChI=1S/C10H9.2BrH.Hf/c1-8-6-7-9-4-2-3-5-10(8)9;;;/h2-7H,1H3;2*1H;/q-1;;;. The summed E-state index contributed by atoms with van der Waals surface area (Å²) in [5.74, 6) is 0. The second-order valence-electron chi connectivity index (χ2n) is 2.60. The van der Waals surface area contributed by atoms with E-state index in [1.807, 2.05) is 0 Å². The smallest absolute Gasteiger partial charge is 0 e. The summed E-state index contributed by atoms with van der Waals surface area (Å²) < 4.78 is 0. The number of fused-ring (bicyclic) bond motifs is 1. The summed E-state index contributed by atoms with van der Waals surface area (Å²) in [6.07, 6.45) is 0. The van der Waals surface area contributed by atoms with E-state index in [2.05, 4.69) is 43.3 Å². The van der Waals surface area contributed by atoms with Crippen molar-refractivity contribution in [2.45, 2.75) is 6.92 Å². The Morgan fingerprint density at radius 3 is 2.23 bits per heavy atom. The van der Waals surface area contributed by atoms with Gasteiger partial charge in [-0.3, -0.25) is 0 Å². The summed E-state index contributed by atoms with van der Waals surface area (Å²) in [5, 5.41) is 2.72. The van der Waals surface area contributed by atoms with Crippen molar-refractivity contribution in [3.05, 3.63) is 42.0 Å². The van der Waals surface area contributed by atoms with Crippen LogP contribution in [0.5, 0.6) is 0 Å². The third kappa shape index (κ3) is 3.37. The molecule has 13 heavy (non-hydrogen) atoms. The van der Waals surface area contributed by atoms with E-state index in [0.717, 1.165) is 0 Å². The van der Waals surface area contributed by atoms with Crippen LogP contribution in [-0.2, 0) is 25.8 Å². The van der Waals surface area contributed by atoms with Gasteiger partial charge in [-0.25, -0.2) is 0 Å². The topological polar surface area (TPSA) is 0 Å². The maximum Gasteiger partial charge on any atom is 0 e. The number of aryl methyl sites for hydroxylation is 1. The number of hydrogen-bond donors (Lipinski definition) is 0. The van der Waals surface area contributed by atoms with Gasteiger partial charge in [0.2, 0.25) is 0 Å². The third-order valence-corrected chi connectivity index (χ3v) is 1.90. The van der Waals surface area contributed by atoms with Crippen molar-refractivity contribution in [1.29, 1.82) is 0 Å². The first-order valence-electron chi connectivity index (χ1n) is 3.49. The summed E-state index contributed by atoms with van der Waals surface area (Å²) in [5.41, 5.74) is 1.37. The van der Waals surface area contributed by atoms with Crippen LogP contribution in [0.15, 0.2) is 36.4 Å². The van der Waals surface area contributed by atoms with Crippen LogP contribution < -0.4 is 0 Å². The molecular formula is C10H11Br2Hf-. The Kier molecular flexibility index (Phi) is 8.69. The minimum atomic E-state index is 0. The monoisotopic (exact) mass is 469 g/mol. The van der Waals surface area contributed by atoms with E-state index in [1.54, 1.807) is 0 Å². The van der Waals surface area contributed by atoms with Gasteiger partial charge < -0.3 is 0 Å². The zero-order valence-corrected chi connectivity index (χ0v) is 14.3. The van der Waals surface area contributed by atoms with Crippen LogP contribution in [0.25, 0.3) is 10.8 Å². The Morgan fingerprint density at radius 2 is 1.62 bits per heavy atom. The Balaban J connectivity index is 0. The Labute approximate surface area is 118 Å². The van der Waals surface area contributed by atoms with Crippen molar-refractivity contribution in [3.63, 3.8) is 0 Å². The van der Waals surface area contributed by atoms with Crippen LogP contribution in [0.4, 0.5) is 0 Å². The van der Waals surface area contributed by atoms with Gasteiger partial charge in [0.05, 0.1) is 0 Å². The Hall–Kier alpha value is 0.660. The van der Waals surface area contributed by atoms with E-state index < -0.39 is 0 Å². The number of halogens is 2. The van der Waals surface area contributed by atoms with E-state index in [9.17, 15) is 0 Å². The fourth-order valence-electron chi connectivity index (χ4n) is 1.31. The van der Waals surface area contributed by atoms with Gasteiger partial charge in [-0.15, -0.1) is 68.5 Å². The second-order valence-corrected chi connectivity index (χ2v) is 2.60. The molecule has 0 N–H and O–H groups in total.